The maximum atomic E-state index is 12.9. The van der Waals surface area contributed by atoms with E-state index in [2.05, 4.69) is 10.5 Å². The van der Waals surface area contributed by atoms with Crippen molar-refractivity contribution in [3.05, 3.63) is 65.7 Å². The first-order valence-electron chi connectivity index (χ1n) is 5.05. The predicted octanol–water partition coefficient (Wildman–Crippen LogP) is 3.41. The molecule has 0 aliphatic heterocycles. The van der Waals surface area contributed by atoms with Gasteiger partial charge in [-0.2, -0.15) is 5.10 Å². The van der Waals surface area contributed by atoms with Crippen molar-refractivity contribution in [1.82, 2.24) is 0 Å². The Balaban J connectivity index is 2.03. The Morgan fingerprint density at radius 1 is 0.941 bits per heavy atom. The zero-order chi connectivity index (χ0) is 12.1. The molecule has 2 nitrogen and oxygen atoms in total. The monoisotopic (exact) mass is 232 g/mol. The van der Waals surface area contributed by atoms with Gasteiger partial charge >= 0.3 is 0 Å². The SMILES string of the molecule is Fc1ccc(C=NNc2ccccc2)cc1F. The predicted molar refractivity (Wildman–Crippen MR) is 64.0 cm³/mol. The number of nitrogens with one attached hydrogen (secondary N) is 1. The molecule has 2 rings (SSSR count). The topological polar surface area (TPSA) is 24.4 Å². The van der Waals surface area contributed by atoms with E-state index in [1.54, 1.807) is 0 Å². The molecule has 0 amide bonds. The number of benzene rings is 2. The highest BCUT2D eigenvalue weighted by Crippen LogP contribution is 2.08. The highest BCUT2D eigenvalue weighted by molar-refractivity contribution is 5.80. The first-order valence-corrected chi connectivity index (χ1v) is 5.05. The molecule has 0 spiro atoms. The Hall–Kier alpha value is -2.23. The second-order valence-corrected chi connectivity index (χ2v) is 3.41. The van der Waals surface area contributed by atoms with Crippen molar-refractivity contribution in [3.8, 4) is 0 Å². The van der Waals surface area contributed by atoms with Crippen molar-refractivity contribution < 1.29 is 8.78 Å². The average molecular weight is 232 g/mol. The molecule has 0 aliphatic rings. The Morgan fingerprint density at radius 3 is 2.41 bits per heavy atom. The largest absolute Gasteiger partial charge is 0.279 e. The number of hydrogen-bond acceptors (Lipinski definition) is 2. The van der Waals surface area contributed by atoms with E-state index in [0.29, 0.717) is 5.56 Å². The molecular formula is C13H10F2N2. The Bertz CT molecular complexity index is 524. The molecule has 0 unspecified atom stereocenters. The second-order valence-electron chi connectivity index (χ2n) is 3.41. The van der Waals surface area contributed by atoms with Crippen LogP contribution in [0, 0.1) is 11.6 Å². The number of nitrogens with zero attached hydrogens (tertiary/aromatic N) is 1. The lowest BCUT2D eigenvalue weighted by Gasteiger charge is -1.98. The molecule has 0 aliphatic carbocycles. The van der Waals surface area contributed by atoms with Crippen molar-refractivity contribution in [2.75, 3.05) is 5.43 Å². The van der Waals surface area contributed by atoms with Crippen molar-refractivity contribution in [1.29, 1.82) is 0 Å². The van der Waals surface area contributed by atoms with Gasteiger partial charge in [0, 0.05) is 0 Å². The molecule has 0 atom stereocenters. The summed E-state index contributed by atoms with van der Waals surface area (Å²) in [5.74, 6) is -1.74. The molecule has 0 bridgehead atoms. The van der Waals surface area contributed by atoms with Crippen LogP contribution in [0.15, 0.2) is 53.6 Å². The van der Waals surface area contributed by atoms with Crippen LogP contribution in [0.2, 0.25) is 0 Å². The fourth-order valence-corrected chi connectivity index (χ4v) is 1.29. The maximum absolute atomic E-state index is 12.9. The van der Waals surface area contributed by atoms with E-state index in [4.69, 9.17) is 0 Å². The van der Waals surface area contributed by atoms with E-state index in [1.807, 2.05) is 30.3 Å². The van der Waals surface area contributed by atoms with Crippen LogP contribution in [0.4, 0.5) is 14.5 Å². The number of anilines is 1. The quantitative estimate of drug-likeness (QED) is 0.636. The number of rotatable bonds is 3. The van der Waals surface area contributed by atoms with Crippen LogP contribution in [0.1, 0.15) is 5.56 Å². The molecule has 0 saturated carbocycles. The zero-order valence-corrected chi connectivity index (χ0v) is 8.90. The van der Waals surface area contributed by atoms with E-state index in [0.717, 1.165) is 17.8 Å². The first kappa shape index (κ1) is 11.3. The van der Waals surface area contributed by atoms with Gasteiger partial charge < -0.3 is 0 Å². The van der Waals surface area contributed by atoms with Gasteiger partial charge in [0.15, 0.2) is 11.6 Å². The lowest BCUT2D eigenvalue weighted by molar-refractivity contribution is 0.508. The minimum absolute atomic E-state index is 0.493. The second kappa shape index (κ2) is 5.21. The first-order chi connectivity index (χ1) is 8.25. The minimum atomic E-state index is -0.881. The van der Waals surface area contributed by atoms with Gasteiger partial charge in [0.2, 0.25) is 0 Å². The summed E-state index contributed by atoms with van der Waals surface area (Å²) in [6.45, 7) is 0. The van der Waals surface area contributed by atoms with E-state index in [1.165, 1.54) is 12.3 Å². The summed E-state index contributed by atoms with van der Waals surface area (Å²) in [6.07, 6.45) is 1.43. The maximum Gasteiger partial charge on any atom is 0.159 e. The van der Waals surface area contributed by atoms with E-state index in [9.17, 15) is 8.78 Å². The highest BCUT2D eigenvalue weighted by atomic mass is 19.2. The summed E-state index contributed by atoms with van der Waals surface area (Å²) >= 11 is 0. The summed E-state index contributed by atoms with van der Waals surface area (Å²) in [4.78, 5) is 0. The van der Waals surface area contributed by atoms with Crippen molar-refractivity contribution >= 4 is 11.9 Å². The molecule has 0 radical (unpaired) electrons. The summed E-state index contributed by atoms with van der Waals surface area (Å²) in [5, 5.41) is 3.92. The Kier molecular flexibility index (Phi) is 3.45. The Morgan fingerprint density at radius 2 is 1.71 bits per heavy atom. The van der Waals surface area contributed by atoms with Gasteiger partial charge in [0.05, 0.1) is 11.9 Å². The van der Waals surface area contributed by atoms with Gasteiger partial charge in [-0.05, 0) is 29.8 Å². The lowest BCUT2D eigenvalue weighted by Crippen LogP contribution is -1.92. The molecule has 0 fully saturated rings. The van der Waals surface area contributed by atoms with Crippen LogP contribution in [0.3, 0.4) is 0 Å². The number of halogens is 2. The number of hydrogen-bond donors (Lipinski definition) is 1. The van der Waals surface area contributed by atoms with E-state index < -0.39 is 11.6 Å². The summed E-state index contributed by atoms with van der Waals surface area (Å²) in [7, 11) is 0. The Labute approximate surface area is 97.6 Å². The fraction of sp³-hybridized carbons (Fsp3) is 0. The van der Waals surface area contributed by atoms with Gasteiger partial charge in [-0.1, -0.05) is 24.3 Å². The third-order valence-corrected chi connectivity index (χ3v) is 2.12. The molecule has 2 aromatic carbocycles. The zero-order valence-electron chi connectivity index (χ0n) is 8.90. The number of hydrazone groups is 1. The molecule has 0 saturated heterocycles. The van der Waals surface area contributed by atoms with Crippen molar-refractivity contribution in [2.24, 2.45) is 5.10 Å². The smallest absolute Gasteiger partial charge is 0.159 e. The lowest BCUT2D eigenvalue weighted by atomic mass is 10.2. The fourth-order valence-electron chi connectivity index (χ4n) is 1.29. The minimum Gasteiger partial charge on any atom is -0.279 e. The molecule has 4 heteroatoms. The van der Waals surface area contributed by atoms with Gasteiger partial charge in [0.25, 0.3) is 0 Å². The van der Waals surface area contributed by atoms with Crippen LogP contribution in [0.5, 0.6) is 0 Å². The third-order valence-electron chi connectivity index (χ3n) is 2.12. The summed E-state index contributed by atoms with van der Waals surface area (Å²) in [5.41, 5.74) is 4.10. The van der Waals surface area contributed by atoms with Gasteiger partial charge in [-0.15, -0.1) is 0 Å². The van der Waals surface area contributed by atoms with E-state index in [-0.39, 0.29) is 0 Å². The summed E-state index contributed by atoms with van der Waals surface area (Å²) in [6, 6.07) is 12.9. The molecule has 0 aromatic heterocycles. The van der Waals surface area contributed by atoms with Crippen LogP contribution in [-0.4, -0.2) is 6.21 Å². The van der Waals surface area contributed by atoms with Crippen molar-refractivity contribution in [2.45, 2.75) is 0 Å². The van der Waals surface area contributed by atoms with Gasteiger partial charge in [0.1, 0.15) is 0 Å². The molecule has 0 heterocycles. The molecule has 86 valence electrons. The molecular weight excluding hydrogens is 222 g/mol. The van der Waals surface area contributed by atoms with Crippen LogP contribution in [0.25, 0.3) is 0 Å². The van der Waals surface area contributed by atoms with E-state index >= 15 is 0 Å². The van der Waals surface area contributed by atoms with Crippen LogP contribution < -0.4 is 5.43 Å². The normalized spacial score (nSPS) is 10.7. The third kappa shape index (κ3) is 3.11. The molecule has 2 aromatic rings. The number of para-hydroxylation sites is 1. The average Bonchev–Trinajstić information content (AvgIpc) is 2.35. The molecule has 1 N–H and O–H groups in total. The van der Waals surface area contributed by atoms with Gasteiger partial charge in [-0.3, -0.25) is 5.43 Å². The van der Waals surface area contributed by atoms with Gasteiger partial charge in [-0.25, -0.2) is 8.78 Å². The molecule has 17 heavy (non-hydrogen) atoms. The van der Waals surface area contributed by atoms with Crippen molar-refractivity contribution in [3.63, 3.8) is 0 Å². The van der Waals surface area contributed by atoms with Crippen LogP contribution in [-0.2, 0) is 0 Å². The standard InChI is InChI=1S/C13H10F2N2/c14-12-7-6-10(8-13(12)15)9-16-17-11-4-2-1-3-5-11/h1-9,17H. The summed E-state index contributed by atoms with van der Waals surface area (Å²) < 4.78 is 25.5. The highest BCUT2D eigenvalue weighted by Gasteiger charge is 2.00. The van der Waals surface area contributed by atoms with Crippen LogP contribution >= 0.6 is 0 Å².